The topological polar surface area (TPSA) is 86.3 Å². The lowest BCUT2D eigenvalue weighted by atomic mass is 9.98. The van der Waals surface area contributed by atoms with Crippen LogP contribution in [0.2, 0.25) is 0 Å². The van der Waals surface area contributed by atoms with Gasteiger partial charge in [0, 0.05) is 25.7 Å². The molecule has 4 aromatic carbocycles. The number of ether oxygens (including phenoxy) is 4. The lowest BCUT2D eigenvalue weighted by Crippen LogP contribution is -2.53. The summed E-state index contributed by atoms with van der Waals surface area (Å²) in [5, 5.41) is 2.84. The Hall–Kier alpha value is -4.50. The van der Waals surface area contributed by atoms with Gasteiger partial charge in [0.2, 0.25) is 5.91 Å². The number of aryl methyl sites for hydroxylation is 1. The average molecular weight is 651 g/mol. The summed E-state index contributed by atoms with van der Waals surface area (Å²) in [6.07, 6.45) is 0.256. The van der Waals surface area contributed by atoms with Crippen LogP contribution in [0.5, 0.6) is 0 Å². The second-order valence-corrected chi connectivity index (χ2v) is 11.7. The Labute approximate surface area is 284 Å². The highest BCUT2D eigenvalue weighted by atomic mass is 16.7. The number of amides is 2. The molecule has 0 aromatic heterocycles. The first-order valence-corrected chi connectivity index (χ1v) is 16.9. The first kappa shape index (κ1) is 34.8. The Balaban J connectivity index is 1.30. The summed E-state index contributed by atoms with van der Waals surface area (Å²) in [7, 11) is 0. The van der Waals surface area contributed by atoms with E-state index >= 15 is 0 Å². The van der Waals surface area contributed by atoms with Crippen molar-refractivity contribution in [3.63, 3.8) is 0 Å². The quantitative estimate of drug-likeness (QED) is 0.117. The van der Waals surface area contributed by atoms with Gasteiger partial charge >= 0.3 is 6.09 Å². The second kappa shape index (κ2) is 18.2. The van der Waals surface area contributed by atoms with Gasteiger partial charge in [0.1, 0.15) is 12.6 Å². The van der Waals surface area contributed by atoms with Crippen LogP contribution >= 0.6 is 0 Å². The van der Waals surface area contributed by atoms with Crippen LogP contribution in [0.1, 0.15) is 48.4 Å². The number of carbonyl (C=O) groups excluding carboxylic acids is 2. The van der Waals surface area contributed by atoms with E-state index in [0.29, 0.717) is 26.4 Å². The molecule has 0 fully saturated rings. The van der Waals surface area contributed by atoms with Gasteiger partial charge in [-0.15, -0.1) is 0 Å². The lowest BCUT2D eigenvalue weighted by Gasteiger charge is -2.31. The second-order valence-electron chi connectivity index (χ2n) is 11.7. The summed E-state index contributed by atoms with van der Waals surface area (Å²) in [4.78, 5) is 29.4. The number of benzene rings is 4. The van der Waals surface area contributed by atoms with Gasteiger partial charge in [0.05, 0.1) is 19.8 Å². The van der Waals surface area contributed by atoms with Crippen molar-refractivity contribution in [2.24, 2.45) is 0 Å². The van der Waals surface area contributed by atoms with Crippen LogP contribution in [0.4, 0.5) is 4.79 Å². The van der Waals surface area contributed by atoms with Crippen molar-refractivity contribution < 1.29 is 28.5 Å². The third kappa shape index (κ3) is 9.53. The lowest BCUT2D eigenvalue weighted by molar-refractivity contribution is -0.160. The maximum absolute atomic E-state index is 14.3. The maximum Gasteiger partial charge on any atom is 0.407 e. The van der Waals surface area contributed by atoms with E-state index in [2.05, 4.69) is 41.7 Å². The Morgan fingerprint density at radius 1 is 0.750 bits per heavy atom. The van der Waals surface area contributed by atoms with Crippen LogP contribution in [-0.2, 0) is 36.8 Å². The number of nitrogens with one attached hydrogen (secondary N) is 1. The summed E-state index contributed by atoms with van der Waals surface area (Å²) >= 11 is 0. The number of hydrogen-bond donors (Lipinski definition) is 1. The molecule has 1 aliphatic rings. The van der Waals surface area contributed by atoms with Gasteiger partial charge in [-0.05, 0) is 60.1 Å². The molecule has 1 atom stereocenters. The summed E-state index contributed by atoms with van der Waals surface area (Å²) in [6, 6.07) is 35.3. The molecule has 0 saturated carbocycles. The van der Waals surface area contributed by atoms with E-state index < -0.39 is 18.4 Å². The molecule has 0 bridgehead atoms. The summed E-state index contributed by atoms with van der Waals surface area (Å²) < 4.78 is 23.5. The standard InChI is InChI=1S/C40H46N2O6/c1-3-46-38(47-4-2)26-42(25-15-20-30-16-7-5-8-17-30)39(43)37(29-45-27-31-18-9-6-10-19-31)41-40(44)48-28-36-34-23-13-11-21-32(34)33-22-12-14-24-35(33)36/h5-14,16-19,21-24,36-38H,3-4,15,20,25-29H2,1-2H3,(H,41,44)/t37-/m0/s1. The predicted octanol–water partition coefficient (Wildman–Crippen LogP) is 6.97. The van der Waals surface area contributed by atoms with Crippen LogP contribution in [0, 0.1) is 0 Å². The first-order chi connectivity index (χ1) is 23.6. The zero-order chi connectivity index (χ0) is 33.6. The molecule has 4 aromatic rings. The van der Waals surface area contributed by atoms with Gasteiger partial charge in [0.15, 0.2) is 6.29 Å². The summed E-state index contributed by atoms with van der Waals surface area (Å²) in [5.74, 6) is -0.381. The third-order valence-electron chi connectivity index (χ3n) is 8.45. The molecular formula is C40H46N2O6. The van der Waals surface area contributed by atoms with Gasteiger partial charge in [-0.25, -0.2) is 4.79 Å². The Morgan fingerprint density at radius 3 is 1.92 bits per heavy atom. The van der Waals surface area contributed by atoms with E-state index in [0.717, 1.165) is 40.7 Å². The molecule has 0 saturated heterocycles. The molecule has 252 valence electrons. The number of carbonyl (C=O) groups is 2. The van der Waals surface area contributed by atoms with Gasteiger partial charge in [-0.1, -0.05) is 109 Å². The zero-order valence-corrected chi connectivity index (χ0v) is 27.9. The van der Waals surface area contributed by atoms with E-state index in [-0.39, 0.29) is 31.6 Å². The van der Waals surface area contributed by atoms with Crippen molar-refractivity contribution in [3.05, 3.63) is 131 Å². The minimum atomic E-state index is -0.981. The van der Waals surface area contributed by atoms with Gasteiger partial charge < -0.3 is 29.2 Å². The Kier molecular flexibility index (Phi) is 13.2. The van der Waals surface area contributed by atoms with Crippen LogP contribution in [-0.4, -0.2) is 68.7 Å². The SMILES string of the molecule is CCOC(CN(CCCc1ccccc1)C(=O)[C@H](COCc1ccccc1)NC(=O)OCC1c2ccccc2-c2ccccc21)OCC. The van der Waals surface area contributed by atoms with Gasteiger partial charge in [-0.3, -0.25) is 4.79 Å². The number of hydrogen-bond acceptors (Lipinski definition) is 6. The highest BCUT2D eigenvalue weighted by Crippen LogP contribution is 2.44. The zero-order valence-electron chi connectivity index (χ0n) is 27.9. The number of fused-ring (bicyclic) bond motifs is 3. The molecule has 2 amide bonds. The molecular weight excluding hydrogens is 604 g/mol. The molecule has 0 unspecified atom stereocenters. The van der Waals surface area contributed by atoms with Crippen molar-refractivity contribution in [2.45, 2.75) is 51.5 Å². The van der Waals surface area contributed by atoms with Crippen LogP contribution in [0.25, 0.3) is 11.1 Å². The van der Waals surface area contributed by atoms with Crippen molar-refractivity contribution in [1.82, 2.24) is 10.2 Å². The van der Waals surface area contributed by atoms with E-state index in [9.17, 15) is 9.59 Å². The number of alkyl carbamates (subject to hydrolysis) is 1. The van der Waals surface area contributed by atoms with E-state index in [1.807, 2.05) is 86.6 Å². The summed E-state index contributed by atoms with van der Waals surface area (Å²) in [6.45, 7) is 5.76. The largest absolute Gasteiger partial charge is 0.449 e. The van der Waals surface area contributed by atoms with Crippen molar-refractivity contribution in [3.8, 4) is 11.1 Å². The Bertz CT molecular complexity index is 1530. The Morgan fingerprint density at radius 2 is 1.31 bits per heavy atom. The fourth-order valence-corrected chi connectivity index (χ4v) is 6.16. The van der Waals surface area contributed by atoms with E-state index in [1.165, 1.54) is 5.56 Å². The fraction of sp³-hybridized carbons (Fsp3) is 0.350. The molecule has 8 heteroatoms. The van der Waals surface area contributed by atoms with Crippen LogP contribution in [0.3, 0.4) is 0 Å². The first-order valence-electron chi connectivity index (χ1n) is 16.9. The molecule has 48 heavy (non-hydrogen) atoms. The smallest absolute Gasteiger partial charge is 0.407 e. The van der Waals surface area contributed by atoms with Gasteiger partial charge in [-0.2, -0.15) is 0 Å². The molecule has 8 nitrogen and oxygen atoms in total. The molecule has 0 radical (unpaired) electrons. The monoisotopic (exact) mass is 650 g/mol. The molecule has 0 heterocycles. The normalized spacial score (nSPS) is 12.7. The van der Waals surface area contributed by atoms with Crippen LogP contribution in [0.15, 0.2) is 109 Å². The molecule has 0 aliphatic heterocycles. The summed E-state index contributed by atoms with van der Waals surface area (Å²) in [5.41, 5.74) is 6.69. The number of nitrogens with zero attached hydrogens (tertiary/aromatic N) is 1. The highest BCUT2D eigenvalue weighted by molar-refractivity contribution is 5.86. The van der Waals surface area contributed by atoms with E-state index in [1.54, 1.807) is 4.90 Å². The van der Waals surface area contributed by atoms with Gasteiger partial charge in [0.25, 0.3) is 0 Å². The molecule has 1 N–H and O–H groups in total. The van der Waals surface area contributed by atoms with Crippen molar-refractivity contribution in [2.75, 3.05) is 39.5 Å². The highest BCUT2D eigenvalue weighted by Gasteiger charge is 2.32. The third-order valence-corrected chi connectivity index (χ3v) is 8.45. The minimum Gasteiger partial charge on any atom is -0.449 e. The maximum atomic E-state index is 14.3. The molecule has 1 aliphatic carbocycles. The van der Waals surface area contributed by atoms with Crippen molar-refractivity contribution in [1.29, 1.82) is 0 Å². The average Bonchev–Trinajstić information content (AvgIpc) is 3.44. The van der Waals surface area contributed by atoms with Crippen LogP contribution < -0.4 is 5.32 Å². The number of rotatable bonds is 18. The fourth-order valence-electron chi connectivity index (χ4n) is 6.16. The predicted molar refractivity (Wildman–Crippen MR) is 186 cm³/mol. The molecule has 0 spiro atoms. The minimum absolute atomic E-state index is 0.0267. The molecule has 5 rings (SSSR count). The van der Waals surface area contributed by atoms with E-state index in [4.69, 9.17) is 18.9 Å². The van der Waals surface area contributed by atoms with Crippen molar-refractivity contribution >= 4 is 12.0 Å².